The summed E-state index contributed by atoms with van der Waals surface area (Å²) in [6.45, 7) is 2.04. The molecule has 0 aliphatic rings. The molecular weight excluding hydrogens is 208 g/mol. The van der Waals surface area contributed by atoms with Crippen LogP contribution in [0.25, 0.3) is 0 Å². The van der Waals surface area contributed by atoms with Crippen molar-refractivity contribution >= 4 is 11.5 Å². The van der Waals surface area contributed by atoms with Gasteiger partial charge in [-0.1, -0.05) is 28.8 Å². The summed E-state index contributed by atoms with van der Waals surface area (Å²) in [6.07, 6.45) is 0.0443. The van der Waals surface area contributed by atoms with Crippen molar-refractivity contribution in [3.63, 3.8) is 0 Å². The van der Waals surface area contributed by atoms with E-state index in [2.05, 4.69) is 9.59 Å². The number of aromatic nitrogens is 2. The molecule has 4 heteroatoms. The number of nitrogens with zero attached hydrogens (tertiary/aromatic N) is 2. The number of hydrogen-bond donors (Lipinski definition) is 1. The average Bonchev–Trinajstić information content (AvgIpc) is 2.74. The zero-order valence-corrected chi connectivity index (χ0v) is 9.24. The van der Waals surface area contributed by atoms with Crippen molar-refractivity contribution in [3.05, 3.63) is 46.5 Å². The maximum atomic E-state index is 9.89. The van der Waals surface area contributed by atoms with Crippen LogP contribution in [0.5, 0.6) is 0 Å². The van der Waals surface area contributed by atoms with Gasteiger partial charge in [-0.15, -0.1) is 5.10 Å². The first-order valence-corrected chi connectivity index (χ1v) is 5.60. The number of hydrogen-bond acceptors (Lipinski definition) is 4. The number of aliphatic hydroxyl groups excluding tert-OH is 1. The monoisotopic (exact) mass is 220 g/mol. The van der Waals surface area contributed by atoms with Crippen molar-refractivity contribution in [1.82, 2.24) is 9.59 Å². The lowest BCUT2D eigenvalue weighted by atomic mass is 10.0. The highest BCUT2D eigenvalue weighted by Gasteiger charge is 2.12. The average molecular weight is 220 g/mol. The van der Waals surface area contributed by atoms with Gasteiger partial charge in [0, 0.05) is 11.8 Å². The quantitative estimate of drug-likeness (QED) is 0.861. The highest BCUT2D eigenvalue weighted by Crippen LogP contribution is 2.18. The van der Waals surface area contributed by atoms with Crippen molar-refractivity contribution in [1.29, 1.82) is 0 Å². The summed E-state index contributed by atoms with van der Waals surface area (Å²) < 4.78 is 3.74. The highest BCUT2D eigenvalue weighted by atomic mass is 32.1. The van der Waals surface area contributed by atoms with E-state index in [1.807, 2.05) is 31.2 Å². The maximum Gasteiger partial charge on any atom is 0.104 e. The summed E-state index contributed by atoms with van der Waals surface area (Å²) in [5.74, 6) is 0. The van der Waals surface area contributed by atoms with Crippen LogP contribution >= 0.6 is 11.5 Å². The fraction of sp³-hybridized carbons (Fsp3) is 0.273. The highest BCUT2D eigenvalue weighted by molar-refractivity contribution is 7.03. The summed E-state index contributed by atoms with van der Waals surface area (Å²) in [6, 6.07) is 8.05. The predicted molar refractivity (Wildman–Crippen MR) is 59.8 cm³/mol. The van der Waals surface area contributed by atoms with Gasteiger partial charge in [-0.2, -0.15) is 0 Å². The van der Waals surface area contributed by atoms with E-state index in [0.717, 1.165) is 5.56 Å². The summed E-state index contributed by atoms with van der Waals surface area (Å²) in [5, 5.41) is 15.5. The van der Waals surface area contributed by atoms with Gasteiger partial charge in [0.2, 0.25) is 0 Å². The van der Waals surface area contributed by atoms with E-state index in [1.54, 1.807) is 5.38 Å². The van der Waals surface area contributed by atoms with Crippen LogP contribution in [0.15, 0.2) is 29.6 Å². The summed E-state index contributed by atoms with van der Waals surface area (Å²) in [4.78, 5) is 0. The Hall–Kier alpha value is -1.26. The van der Waals surface area contributed by atoms with Crippen molar-refractivity contribution in [2.24, 2.45) is 0 Å². The van der Waals surface area contributed by atoms with Gasteiger partial charge in [-0.05, 0) is 29.6 Å². The molecule has 78 valence electrons. The molecule has 2 aromatic rings. The van der Waals surface area contributed by atoms with Crippen molar-refractivity contribution in [2.75, 3.05) is 0 Å². The van der Waals surface area contributed by atoms with E-state index in [9.17, 15) is 5.11 Å². The topological polar surface area (TPSA) is 46.0 Å². The Balaban J connectivity index is 2.13. The Morgan fingerprint density at radius 3 is 2.87 bits per heavy atom. The molecular formula is C11H12N2OS. The van der Waals surface area contributed by atoms with Gasteiger partial charge in [0.25, 0.3) is 0 Å². The molecule has 0 amide bonds. The smallest absolute Gasteiger partial charge is 0.104 e. The van der Waals surface area contributed by atoms with Gasteiger partial charge in [0.05, 0.1) is 0 Å². The lowest BCUT2D eigenvalue weighted by Gasteiger charge is -2.09. The van der Waals surface area contributed by atoms with Crippen LogP contribution in [-0.2, 0) is 6.42 Å². The predicted octanol–water partition coefficient (Wildman–Crippen LogP) is 2.12. The lowest BCUT2D eigenvalue weighted by molar-refractivity contribution is 0.173. The molecule has 1 aromatic carbocycles. The fourth-order valence-electron chi connectivity index (χ4n) is 1.47. The maximum absolute atomic E-state index is 9.89. The zero-order chi connectivity index (χ0) is 10.7. The lowest BCUT2D eigenvalue weighted by Crippen LogP contribution is -2.03. The fourth-order valence-corrected chi connectivity index (χ4v) is 1.97. The SMILES string of the molecule is Cc1ccccc1CC(O)c1csnn1. The van der Waals surface area contributed by atoms with Crippen LogP contribution in [-0.4, -0.2) is 14.7 Å². The third-order valence-corrected chi connectivity index (χ3v) is 2.92. The molecule has 2 rings (SSSR count). The largest absolute Gasteiger partial charge is 0.386 e. The molecule has 15 heavy (non-hydrogen) atoms. The number of benzene rings is 1. The summed E-state index contributed by atoms with van der Waals surface area (Å²) >= 11 is 1.26. The van der Waals surface area contributed by atoms with Crippen LogP contribution < -0.4 is 0 Å². The first-order chi connectivity index (χ1) is 7.27. The first kappa shape index (κ1) is 10.3. The molecule has 1 N–H and O–H groups in total. The standard InChI is InChI=1S/C11H12N2OS/c1-8-4-2-3-5-9(8)6-11(14)10-7-15-13-12-10/h2-5,7,11,14H,6H2,1H3. The van der Waals surface area contributed by atoms with Crippen molar-refractivity contribution in [3.8, 4) is 0 Å². The van der Waals surface area contributed by atoms with Gasteiger partial charge in [0.1, 0.15) is 11.8 Å². The summed E-state index contributed by atoms with van der Waals surface area (Å²) in [5.41, 5.74) is 3.00. The van der Waals surface area contributed by atoms with Crippen LogP contribution in [0.1, 0.15) is 22.9 Å². The van der Waals surface area contributed by atoms with Crippen LogP contribution in [0.2, 0.25) is 0 Å². The molecule has 1 atom stereocenters. The second-order valence-electron chi connectivity index (χ2n) is 3.48. The number of rotatable bonds is 3. The van der Waals surface area contributed by atoms with E-state index in [1.165, 1.54) is 17.1 Å². The molecule has 0 saturated carbocycles. The number of aliphatic hydroxyl groups is 1. The van der Waals surface area contributed by atoms with Crippen molar-refractivity contribution in [2.45, 2.75) is 19.4 Å². The molecule has 0 saturated heterocycles. The molecule has 0 aliphatic carbocycles. The molecule has 1 aromatic heterocycles. The Morgan fingerprint density at radius 1 is 1.40 bits per heavy atom. The zero-order valence-electron chi connectivity index (χ0n) is 8.42. The second-order valence-corrected chi connectivity index (χ2v) is 4.09. The third kappa shape index (κ3) is 2.40. The normalized spacial score (nSPS) is 12.7. The minimum absolute atomic E-state index is 0.551. The van der Waals surface area contributed by atoms with Crippen LogP contribution in [0.3, 0.4) is 0 Å². The van der Waals surface area contributed by atoms with E-state index in [4.69, 9.17) is 0 Å². The molecule has 0 spiro atoms. The Morgan fingerprint density at radius 2 is 2.20 bits per heavy atom. The van der Waals surface area contributed by atoms with Gasteiger partial charge in [-0.25, -0.2) is 0 Å². The van der Waals surface area contributed by atoms with E-state index in [-0.39, 0.29) is 0 Å². The second kappa shape index (κ2) is 4.51. The van der Waals surface area contributed by atoms with Gasteiger partial charge < -0.3 is 5.11 Å². The Labute approximate surface area is 92.6 Å². The van der Waals surface area contributed by atoms with Crippen LogP contribution in [0, 0.1) is 6.92 Å². The molecule has 0 aliphatic heterocycles. The first-order valence-electron chi connectivity index (χ1n) is 4.77. The van der Waals surface area contributed by atoms with E-state index < -0.39 is 6.10 Å². The minimum atomic E-state index is -0.551. The van der Waals surface area contributed by atoms with Crippen molar-refractivity contribution < 1.29 is 5.11 Å². The Kier molecular flexibility index (Phi) is 3.08. The van der Waals surface area contributed by atoms with E-state index in [0.29, 0.717) is 12.1 Å². The third-order valence-electron chi connectivity index (χ3n) is 2.39. The summed E-state index contributed by atoms with van der Waals surface area (Å²) in [7, 11) is 0. The Bertz CT molecular complexity index is 428. The molecule has 0 radical (unpaired) electrons. The molecule has 0 fully saturated rings. The van der Waals surface area contributed by atoms with Crippen LogP contribution in [0.4, 0.5) is 0 Å². The van der Waals surface area contributed by atoms with Gasteiger partial charge >= 0.3 is 0 Å². The van der Waals surface area contributed by atoms with Gasteiger partial charge in [-0.3, -0.25) is 0 Å². The number of aryl methyl sites for hydroxylation is 1. The molecule has 1 heterocycles. The molecule has 1 unspecified atom stereocenters. The minimum Gasteiger partial charge on any atom is -0.386 e. The van der Waals surface area contributed by atoms with Gasteiger partial charge in [0.15, 0.2) is 0 Å². The van der Waals surface area contributed by atoms with E-state index >= 15 is 0 Å². The molecule has 0 bridgehead atoms. The molecule has 3 nitrogen and oxygen atoms in total.